The molecule has 218 valence electrons. The van der Waals surface area contributed by atoms with Gasteiger partial charge in [-0.1, -0.05) is 86.6 Å². The predicted molar refractivity (Wildman–Crippen MR) is 186 cm³/mol. The molecule has 4 aromatic heterocycles. The van der Waals surface area contributed by atoms with Crippen LogP contribution in [0.25, 0.3) is 66.2 Å². The first-order chi connectivity index (χ1) is 22.6. The standard InChI is InChI=1S/C41H28N4O/c1-41(2)33-20-18-27(23-37(33)45-38-30(13-8-15-34(38)41)31-14-9-21-42-39(31)45)46-26-17-19-28-29-12-6-7-16-36(29)44-24-35(25-10-4-3-5-11-25)43-40(44)32(28)22-26/h3-24H,1-2H3. The summed E-state index contributed by atoms with van der Waals surface area (Å²) in [4.78, 5) is 10.00. The number of pyridine rings is 2. The third-order valence-electron chi connectivity index (χ3n) is 9.80. The summed E-state index contributed by atoms with van der Waals surface area (Å²) < 4.78 is 11.2. The number of hydrogen-bond acceptors (Lipinski definition) is 3. The number of hydrogen-bond donors (Lipinski definition) is 0. The van der Waals surface area contributed by atoms with Gasteiger partial charge in [0.15, 0.2) is 0 Å². The van der Waals surface area contributed by atoms with Crippen molar-refractivity contribution in [2.45, 2.75) is 19.3 Å². The van der Waals surface area contributed by atoms with Gasteiger partial charge in [-0.05, 0) is 59.0 Å². The summed E-state index contributed by atoms with van der Waals surface area (Å²) in [5.74, 6) is 1.55. The quantitative estimate of drug-likeness (QED) is 0.192. The van der Waals surface area contributed by atoms with Crippen molar-refractivity contribution in [2.24, 2.45) is 0 Å². The van der Waals surface area contributed by atoms with E-state index in [9.17, 15) is 0 Å². The highest BCUT2D eigenvalue weighted by Crippen LogP contribution is 2.48. The van der Waals surface area contributed by atoms with E-state index in [0.29, 0.717) is 0 Å². The van der Waals surface area contributed by atoms with E-state index in [1.165, 1.54) is 27.4 Å². The molecule has 1 aliphatic heterocycles. The molecule has 0 fully saturated rings. The number of imidazole rings is 1. The average molecular weight is 593 g/mol. The highest BCUT2D eigenvalue weighted by atomic mass is 16.5. The molecule has 9 aromatic rings. The molecule has 0 saturated carbocycles. The van der Waals surface area contributed by atoms with Crippen LogP contribution in [0.5, 0.6) is 11.5 Å². The lowest BCUT2D eigenvalue weighted by Gasteiger charge is -2.34. The van der Waals surface area contributed by atoms with E-state index in [-0.39, 0.29) is 5.41 Å². The van der Waals surface area contributed by atoms with E-state index in [2.05, 4.69) is 138 Å². The SMILES string of the molecule is CC1(C)c2ccc(Oc3ccc4c5ccccc5n5cc(-c6ccccc6)nc5c4c3)cc2-n2c3ncccc3c3cccc1c32. The lowest BCUT2D eigenvalue weighted by atomic mass is 9.74. The maximum absolute atomic E-state index is 6.67. The second kappa shape index (κ2) is 9.05. The van der Waals surface area contributed by atoms with Gasteiger partial charge in [-0.25, -0.2) is 9.97 Å². The van der Waals surface area contributed by atoms with Crippen molar-refractivity contribution in [3.05, 3.63) is 145 Å². The molecule has 0 bridgehead atoms. The summed E-state index contributed by atoms with van der Waals surface area (Å²) in [6.45, 7) is 4.62. The topological polar surface area (TPSA) is 44.4 Å². The minimum atomic E-state index is -0.176. The minimum absolute atomic E-state index is 0.176. The van der Waals surface area contributed by atoms with Gasteiger partial charge < -0.3 is 4.74 Å². The van der Waals surface area contributed by atoms with E-state index in [0.717, 1.165) is 61.4 Å². The van der Waals surface area contributed by atoms with Gasteiger partial charge in [0, 0.05) is 51.0 Å². The van der Waals surface area contributed by atoms with Crippen LogP contribution in [0.1, 0.15) is 25.0 Å². The van der Waals surface area contributed by atoms with Crippen LogP contribution in [0.2, 0.25) is 0 Å². The van der Waals surface area contributed by atoms with Crippen LogP contribution in [0.3, 0.4) is 0 Å². The first kappa shape index (κ1) is 25.4. The Morgan fingerprint density at radius 1 is 0.609 bits per heavy atom. The molecule has 0 aliphatic carbocycles. The number of nitrogens with zero attached hydrogens (tertiary/aromatic N) is 4. The number of rotatable bonds is 3. The van der Waals surface area contributed by atoms with Crippen molar-refractivity contribution >= 4 is 49.3 Å². The van der Waals surface area contributed by atoms with Crippen LogP contribution in [-0.4, -0.2) is 18.9 Å². The lowest BCUT2D eigenvalue weighted by Crippen LogP contribution is -2.26. The van der Waals surface area contributed by atoms with E-state index in [1.807, 2.05) is 18.3 Å². The van der Waals surface area contributed by atoms with Crippen LogP contribution in [0, 0.1) is 0 Å². The summed E-state index contributed by atoms with van der Waals surface area (Å²) in [6, 6.07) is 42.5. The van der Waals surface area contributed by atoms with Crippen molar-refractivity contribution in [1.82, 2.24) is 18.9 Å². The van der Waals surface area contributed by atoms with E-state index < -0.39 is 0 Å². The Morgan fingerprint density at radius 3 is 2.30 bits per heavy atom. The Morgan fingerprint density at radius 2 is 1.39 bits per heavy atom. The fraction of sp³-hybridized carbons (Fsp3) is 0.0732. The highest BCUT2D eigenvalue weighted by Gasteiger charge is 2.35. The van der Waals surface area contributed by atoms with E-state index >= 15 is 0 Å². The second-order valence-electron chi connectivity index (χ2n) is 12.7. The van der Waals surface area contributed by atoms with Crippen LogP contribution < -0.4 is 4.74 Å². The molecule has 0 radical (unpaired) electrons. The summed E-state index contributed by atoms with van der Waals surface area (Å²) in [6.07, 6.45) is 4.02. The fourth-order valence-corrected chi connectivity index (χ4v) is 7.62. The van der Waals surface area contributed by atoms with Crippen molar-refractivity contribution in [3.8, 4) is 28.4 Å². The number of fused-ring (bicyclic) bond motifs is 11. The molecule has 0 saturated heterocycles. The normalized spacial score (nSPS) is 13.6. The number of para-hydroxylation sites is 2. The van der Waals surface area contributed by atoms with Gasteiger partial charge in [-0.3, -0.25) is 8.97 Å². The van der Waals surface area contributed by atoms with Crippen molar-refractivity contribution < 1.29 is 4.74 Å². The Hall–Kier alpha value is -5.94. The van der Waals surface area contributed by atoms with Crippen molar-refractivity contribution in [1.29, 1.82) is 0 Å². The van der Waals surface area contributed by atoms with Crippen LogP contribution in [0.4, 0.5) is 0 Å². The lowest BCUT2D eigenvalue weighted by molar-refractivity contribution is 0.482. The molecule has 0 unspecified atom stereocenters. The Kier molecular flexibility index (Phi) is 5.00. The van der Waals surface area contributed by atoms with Crippen LogP contribution >= 0.6 is 0 Å². The molecule has 0 N–H and O–H groups in total. The third-order valence-corrected chi connectivity index (χ3v) is 9.80. The number of benzene rings is 5. The van der Waals surface area contributed by atoms with Crippen molar-refractivity contribution in [2.75, 3.05) is 0 Å². The third kappa shape index (κ3) is 3.40. The molecule has 5 aromatic carbocycles. The molecule has 0 spiro atoms. The van der Waals surface area contributed by atoms with E-state index in [1.54, 1.807) is 0 Å². The molecule has 0 atom stereocenters. The number of aromatic nitrogens is 4. The Labute approximate surface area is 265 Å². The summed E-state index contributed by atoms with van der Waals surface area (Å²) in [5, 5.41) is 5.77. The highest BCUT2D eigenvalue weighted by molar-refractivity contribution is 6.12. The first-order valence-electron chi connectivity index (χ1n) is 15.7. The second-order valence-corrected chi connectivity index (χ2v) is 12.7. The molecule has 0 amide bonds. The molecule has 5 heteroatoms. The molecule has 10 rings (SSSR count). The molecular formula is C41H28N4O. The monoisotopic (exact) mass is 592 g/mol. The molecule has 46 heavy (non-hydrogen) atoms. The van der Waals surface area contributed by atoms with Gasteiger partial charge in [0.05, 0.1) is 22.4 Å². The maximum Gasteiger partial charge on any atom is 0.146 e. The zero-order valence-electron chi connectivity index (χ0n) is 25.4. The van der Waals surface area contributed by atoms with Gasteiger partial charge in [-0.2, -0.15) is 0 Å². The van der Waals surface area contributed by atoms with E-state index in [4.69, 9.17) is 14.7 Å². The number of ether oxygens (including phenoxy) is 1. The first-order valence-corrected chi connectivity index (χ1v) is 15.7. The largest absolute Gasteiger partial charge is 0.457 e. The van der Waals surface area contributed by atoms with Crippen molar-refractivity contribution in [3.63, 3.8) is 0 Å². The maximum atomic E-state index is 6.67. The fourth-order valence-electron chi connectivity index (χ4n) is 7.62. The Bertz CT molecular complexity index is 2700. The summed E-state index contributed by atoms with van der Waals surface area (Å²) in [5.41, 5.74) is 9.76. The molecular weight excluding hydrogens is 564 g/mol. The Balaban J connectivity index is 1.15. The van der Waals surface area contributed by atoms with Gasteiger partial charge in [-0.15, -0.1) is 0 Å². The smallest absolute Gasteiger partial charge is 0.146 e. The van der Waals surface area contributed by atoms with Gasteiger partial charge in [0.2, 0.25) is 0 Å². The molecule has 1 aliphatic rings. The average Bonchev–Trinajstić information content (AvgIpc) is 3.69. The summed E-state index contributed by atoms with van der Waals surface area (Å²) in [7, 11) is 0. The predicted octanol–water partition coefficient (Wildman–Crippen LogP) is 10.2. The molecule has 5 heterocycles. The van der Waals surface area contributed by atoms with Crippen LogP contribution in [-0.2, 0) is 5.41 Å². The van der Waals surface area contributed by atoms with Gasteiger partial charge in [0.1, 0.15) is 22.8 Å². The summed E-state index contributed by atoms with van der Waals surface area (Å²) >= 11 is 0. The molecule has 5 nitrogen and oxygen atoms in total. The minimum Gasteiger partial charge on any atom is -0.457 e. The van der Waals surface area contributed by atoms with Gasteiger partial charge in [0.25, 0.3) is 0 Å². The van der Waals surface area contributed by atoms with Crippen LogP contribution in [0.15, 0.2) is 134 Å². The van der Waals surface area contributed by atoms with Gasteiger partial charge >= 0.3 is 0 Å². The zero-order valence-corrected chi connectivity index (χ0v) is 25.4. The zero-order chi connectivity index (χ0) is 30.6.